The quantitative estimate of drug-likeness (QED) is 0.755. The third kappa shape index (κ3) is 1.92. The Bertz CT molecular complexity index is 566. The molecule has 0 fully saturated rings. The van der Waals surface area contributed by atoms with Crippen LogP contribution in [0.5, 0.6) is 0 Å². The standard InChI is InChI=1S/C15H14N2O/c18-15(12-6-9-16-10-7-12)13-5-1-3-11-4-2-8-17-14(11)13/h2,4,6-10,13H,1,3,5H2. The first-order valence-corrected chi connectivity index (χ1v) is 6.24. The Labute approximate surface area is 106 Å². The van der Waals surface area contributed by atoms with Crippen LogP contribution >= 0.6 is 0 Å². The maximum atomic E-state index is 12.5. The number of Topliss-reactive ketones (excluding diaryl/α,β-unsaturated/α-hetero) is 1. The number of aryl methyl sites for hydroxylation is 1. The topological polar surface area (TPSA) is 42.9 Å². The minimum Gasteiger partial charge on any atom is -0.293 e. The van der Waals surface area contributed by atoms with Crippen molar-refractivity contribution < 1.29 is 4.79 Å². The number of nitrogens with zero attached hydrogens (tertiary/aromatic N) is 2. The van der Waals surface area contributed by atoms with Crippen molar-refractivity contribution >= 4 is 5.78 Å². The lowest BCUT2D eigenvalue weighted by Crippen LogP contribution is -2.20. The molecule has 1 aliphatic rings. The summed E-state index contributed by atoms with van der Waals surface area (Å²) in [6, 6.07) is 7.57. The van der Waals surface area contributed by atoms with Crippen LogP contribution in [0.25, 0.3) is 0 Å². The molecule has 0 aliphatic heterocycles. The fourth-order valence-electron chi connectivity index (χ4n) is 2.58. The van der Waals surface area contributed by atoms with Gasteiger partial charge in [0, 0.05) is 24.2 Å². The first-order valence-electron chi connectivity index (χ1n) is 6.24. The van der Waals surface area contributed by atoms with Gasteiger partial charge in [0.1, 0.15) is 0 Å². The molecule has 2 aromatic rings. The van der Waals surface area contributed by atoms with E-state index in [0.717, 1.165) is 30.5 Å². The van der Waals surface area contributed by atoms with Crippen molar-refractivity contribution in [3.05, 3.63) is 59.7 Å². The summed E-state index contributed by atoms with van der Waals surface area (Å²) in [4.78, 5) is 20.9. The van der Waals surface area contributed by atoms with Crippen LogP contribution in [0.15, 0.2) is 42.9 Å². The van der Waals surface area contributed by atoms with Gasteiger partial charge < -0.3 is 0 Å². The highest BCUT2D eigenvalue weighted by molar-refractivity contribution is 6.00. The minimum atomic E-state index is -0.0858. The van der Waals surface area contributed by atoms with Gasteiger partial charge in [0.05, 0.1) is 11.6 Å². The third-order valence-corrected chi connectivity index (χ3v) is 3.48. The molecule has 1 unspecified atom stereocenters. The van der Waals surface area contributed by atoms with Crippen LogP contribution in [0.1, 0.15) is 40.4 Å². The fourth-order valence-corrected chi connectivity index (χ4v) is 2.58. The zero-order valence-electron chi connectivity index (χ0n) is 10.0. The molecule has 0 aromatic carbocycles. The monoisotopic (exact) mass is 238 g/mol. The number of carbonyl (C=O) groups is 1. The van der Waals surface area contributed by atoms with Crippen molar-refractivity contribution in [1.82, 2.24) is 9.97 Å². The SMILES string of the molecule is O=C(c1ccncc1)C1CCCc2cccnc21. The molecule has 0 radical (unpaired) electrons. The molecule has 0 amide bonds. The van der Waals surface area contributed by atoms with Gasteiger partial charge >= 0.3 is 0 Å². The Kier molecular flexibility index (Phi) is 2.89. The smallest absolute Gasteiger partial charge is 0.172 e. The second kappa shape index (κ2) is 4.69. The van der Waals surface area contributed by atoms with Crippen LogP contribution in [0.4, 0.5) is 0 Å². The van der Waals surface area contributed by atoms with Crippen molar-refractivity contribution in [2.75, 3.05) is 0 Å². The Hall–Kier alpha value is -2.03. The summed E-state index contributed by atoms with van der Waals surface area (Å²) in [5.74, 6) is 0.0781. The number of carbonyl (C=O) groups excluding carboxylic acids is 1. The minimum absolute atomic E-state index is 0.0858. The molecule has 2 aromatic heterocycles. The summed E-state index contributed by atoms with van der Waals surface area (Å²) in [5.41, 5.74) is 2.91. The lowest BCUT2D eigenvalue weighted by atomic mass is 9.82. The van der Waals surface area contributed by atoms with Crippen LogP contribution in [0.2, 0.25) is 0 Å². The first-order chi connectivity index (χ1) is 8.86. The van der Waals surface area contributed by atoms with Crippen LogP contribution < -0.4 is 0 Å². The van der Waals surface area contributed by atoms with Crippen molar-refractivity contribution in [3.8, 4) is 0 Å². The van der Waals surface area contributed by atoms with E-state index in [4.69, 9.17) is 0 Å². The average molecular weight is 238 g/mol. The normalized spacial score (nSPS) is 18.1. The summed E-state index contributed by atoms with van der Waals surface area (Å²) in [6.45, 7) is 0. The molecule has 0 saturated carbocycles. The maximum absolute atomic E-state index is 12.5. The van der Waals surface area contributed by atoms with Crippen LogP contribution in [0, 0.1) is 0 Å². The third-order valence-electron chi connectivity index (χ3n) is 3.48. The second-order valence-corrected chi connectivity index (χ2v) is 4.59. The van der Waals surface area contributed by atoms with E-state index in [1.54, 1.807) is 30.7 Å². The van der Waals surface area contributed by atoms with Crippen molar-refractivity contribution in [2.45, 2.75) is 25.2 Å². The van der Waals surface area contributed by atoms with E-state index in [-0.39, 0.29) is 11.7 Å². The summed E-state index contributed by atoms with van der Waals surface area (Å²) in [5, 5.41) is 0. The molecule has 90 valence electrons. The second-order valence-electron chi connectivity index (χ2n) is 4.59. The highest BCUT2D eigenvalue weighted by Gasteiger charge is 2.28. The molecule has 0 bridgehead atoms. The molecule has 2 heterocycles. The van der Waals surface area contributed by atoms with Crippen molar-refractivity contribution in [1.29, 1.82) is 0 Å². The lowest BCUT2D eigenvalue weighted by molar-refractivity contribution is 0.0949. The van der Waals surface area contributed by atoms with E-state index >= 15 is 0 Å². The summed E-state index contributed by atoms with van der Waals surface area (Å²) < 4.78 is 0. The van der Waals surface area contributed by atoms with Gasteiger partial charge in [0.15, 0.2) is 5.78 Å². The molecule has 0 spiro atoms. The van der Waals surface area contributed by atoms with Gasteiger partial charge in [-0.2, -0.15) is 0 Å². The van der Waals surface area contributed by atoms with Gasteiger partial charge in [0.2, 0.25) is 0 Å². The number of rotatable bonds is 2. The highest BCUT2D eigenvalue weighted by Crippen LogP contribution is 2.32. The van der Waals surface area contributed by atoms with Gasteiger partial charge in [-0.15, -0.1) is 0 Å². The molecular weight excluding hydrogens is 224 g/mol. The number of fused-ring (bicyclic) bond motifs is 1. The average Bonchev–Trinajstić information content (AvgIpc) is 2.47. The molecule has 3 nitrogen and oxygen atoms in total. The first kappa shape index (κ1) is 11.1. The molecule has 1 atom stereocenters. The van der Waals surface area contributed by atoms with Crippen LogP contribution in [-0.4, -0.2) is 15.8 Å². The molecule has 3 heteroatoms. The van der Waals surface area contributed by atoms with E-state index < -0.39 is 0 Å². The highest BCUT2D eigenvalue weighted by atomic mass is 16.1. The molecule has 3 rings (SSSR count). The predicted molar refractivity (Wildman–Crippen MR) is 68.5 cm³/mol. The van der Waals surface area contributed by atoms with Gasteiger partial charge in [0.25, 0.3) is 0 Å². The number of ketones is 1. The summed E-state index contributed by atoms with van der Waals surface area (Å²) >= 11 is 0. The Balaban J connectivity index is 1.97. The Morgan fingerprint density at radius 2 is 2.00 bits per heavy atom. The largest absolute Gasteiger partial charge is 0.293 e. The molecular formula is C15H14N2O. The van der Waals surface area contributed by atoms with Gasteiger partial charge in [-0.3, -0.25) is 14.8 Å². The predicted octanol–water partition coefficient (Wildman–Crippen LogP) is 2.78. The van der Waals surface area contributed by atoms with Crippen molar-refractivity contribution in [3.63, 3.8) is 0 Å². The number of hydrogen-bond acceptors (Lipinski definition) is 3. The number of aromatic nitrogens is 2. The van der Waals surface area contributed by atoms with Crippen LogP contribution in [-0.2, 0) is 6.42 Å². The van der Waals surface area contributed by atoms with Gasteiger partial charge in [-0.05, 0) is 43.0 Å². The van der Waals surface area contributed by atoms with E-state index in [1.165, 1.54) is 5.56 Å². The zero-order valence-corrected chi connectivity index (χ0v) is 10.0. The molecule has 18 heavy (non-hydrogen) atoms. The number of hydrogen-bond donors (Lipinski definition) is 0. The maximum Gasteiger partial charge on any atom is 0.172 e. The van der Waals surface area contributed by atoms with Crippen LogP contribution in [0.3, 0.4) is 0 Å². The number of pyridine rings is 2. The van der Waals surface area contributed by atoms with E-state index in [1.807, 2.05) is 6.07 Å². The van der Waals surface area contributed by atoms with Gasteiger partial charge in [-0.25, -0.2) is 0 Å². The molecule has 0 saturated heterocycles. The van der Waals surface area contributed by atoms with E-state index in [2.05, 4.69) is 16.0 Å². The fraction of sp³-hybridized carbons (Fsp3) is 0.267. The zero-order chi connectivity index (χ0) is 12.4. The van der Waals surface area contributed by atoms with Gasteiger partial charge in [-0.1, -0.05) is 6.07 Å². The van der Waals surface area contributed by atoms with Crippen molar-refractivity contribution in [2.24, 2.45) is 0 Å². The van der Waals surface area contributed by atoms with E-state index in [9.17, 15) is 4.79 Å². The van der Waals surface area contributed by atoms with E-state index in [0.29, 0.717) is 0 Å². The lowest BCUT2D eigenvalue weighted by Gasteiger charge is -2.23. The molecule has 0 N–H and O–H groups in total. The summed E-state index contributed by atoms with van der Waals surface area (Å²) in [7, 11) is 0. The Morgan fingerprint density at radius 1 is 1.17 bits per heavy atom. The molecule has 1 aliphatic carbocycles. The summed E-state index contributed by atoms with van der Waals surface area (Å²) in [6.07, 6.45) is 8.08. The Morgan fingerprint density at radius 3 is 2.83 bits per heavy atom.